The zero-order valence-electron chi connectivity index (χ0n) is 7.89. The summed E-state index contributed by atoms with van der Waals surface area (Å²) in [6.45, 7) is 7.97. The minimum atomic E-state index is -0.296. The summed E-state index contributed by atoms with van der Waals surface area (Å²) in [6.07, 6.45) is 4.44. The fourth-order valence-corrected chi connectivity index (χ4v) is 0.726. The molecule has 0 aliphatic heterocycles. The van der Waals surface area contributed by atoms with E-state index in [1.165, 1.54) is 5.57 Å². The Hall–Kier alpha value is -0.560. The van der Waals surface area contributed by atoms with Crippen LogP contribution in [0, 0.1) is 0 Å². The Balaban J connectivity index is 3.88. The average Bonchev–Trinajstić information content (AvgIpc) is 1.98. The van der Waals surface area contributed by atoms with Crippen LogP contribution in [0.15, 0.2) is 23.3 Å². The Bertz CT molecular complexity index is 162. The molecule has 1 unspecified atom stereocenters. The van der Waals surface area contributed by atoms with Crippen molar-refractivity contribution in [3.63, 3.8) is 0 Å². The molecule has 0 amide bonds. The van der Waals surface area contributed by atoms with Crippen LogP contribution in [-0.2, 0) is 0 Å². The van der Waals surface area contributed by atoms with E-state index in [0.717, 1.165) is 12.0 Å². The maximum Gasteiger partial charge on any atom is 0.0781 e. The van der Waals surface area contributed by atoms with Crippen LogP contribution in [-0.4, -0.2) is 11.2 Å². The highest BCUT2D eigenvalue weighted by Gasteiger charge is 2.01. The summed E-state index contributed by atoms with van der Waals surface area (Å²) in [4.78, 5) is 0. The second kappa shape index (κ2) is 5.14. The van der Waals surface area contributed by atoms with Crippen LogP contribution in [0.5, 0.6) is 0 Å². The van der Waals surface area contributed by atoms with E-state index in [9.17, 15) is 5.11 Å². The number of aliphatic hydroxyl groups is 1. The molecular formula is C10H18O. The van der Waals surface area contributed by atoms with Gasteiger partial charge in [0.05, 0.1) is 6.10 Å². The molecule has 0 rings (SSSR count). The standard InChI is InChI=1S/C10H18O/c1-5-9(4)10(11)7-6-8(2)3/h5-6,10-11H,7H2,1-4H3. The molecule has 0 aliphatic carbocycles. The van der Waals surface area contributed by atoms with Gasteiger partial charge in [-0.2, -0.15) is 0 Å². The van der Waals surface area contributed by atoms with Crippen LogP contribution in [0.25, 0.3) is 0 Å². The Kier molecular flexibility index (Phi) is 4.88. The molecule has 1 N–H and O–H groups in total. The summed E-state index contributed by atoms with van der Waals surface area (Å²) in [7, 11) is 0. The van der Waals surface area contributed by atoms with Crippen LogP contribution < -0.4 is 0 Å². The van der Waals surface area contributed by atoms with E-state index in [4.69, 9.17) is 0 Å². The van der Waals surface area contributed by atoms with Gasteiger partial charge in [-0.1, -0.05) is 17.7 Å². The minimum absolute atomic E-state index is 0.296. The quantitative estimate of drug-likeness (QED) is 0.620. The minimum Gasteiger partial charge on any atom is -0.388 e. The highest BCUT2D eigenvalue weighted by Crippen LogP contribution is 2.07. The maximum absolute atomic E-state index is 9.45. The molecule has 1 heteroatoms. The fraction of sp³-hybridized carbons (Fsp3) is 0.600. The third-order valence-electron chi connectivity index (χ3n) is 1.73. The van der Waals surface area contributed by atoms with Crippen LogP contribution in [0.1, 0.15) is 34.1 Å². The van der Waals surface area contributed by atoms with Gasteiger partial charge in [-0.15, -0.1) is 0 Å². The predicted octanol–water partition coefficient (Wildman–Crippen LogP) is 2.67. The van der Waals surface area contributed by atoms with Gasteiger partial charge in [-0.3, -0.25) is 0 Å². The van der Waals surface area contributed by atoms with Gasteiger partial charge in [0, 0.05) is 0 Å². The van der Waals surface area contributed by atoms with Crippen molar-refractivity contribution in [1.82, 2.24) is 0 Å². The van der Waals surface area contributed by atoms with E-state index in [2.05, 4.69) is 6.08 Å². The molecule has 64 valence electrons. The zero-order valence-corrected chi connectivity index (χ0v) is 7.89. The number of hydrogen-bond donors (Lipinski definition) is 1. The second-order valence-corrected chi connectivity index (χ2v) is 3.07. The lowest BCUT2D eigenvalue weighted by Crippen LogP contribution is -2.05. The molecule has 0 fully saturated rings. The molecule has 0 radical (unpaired) electrons. The van der Waals surface area contributed by atoms with Crippen molar-refractivity contribution in [2.75, 3.05) is 0 Å². The normalized spacial score (nSPS) is 14.5. The highest BCUT2D eigenvalue weighted by atomic mass is 16.3. The average molecular weight is 154 g/mol. The molecule has 0 spiro atoms. The molecule has 0 aliphatic rings. The maximum atomic E-state index is 9.45. The van der Waals surface area contributed by atoms with Crippen LogP contribution in [0.4, 0.5) is 0 Å². The first-order valence-electron chi connectivity index (χ1n) is 4.02. The molecule has 0 aromatic rings. The molecule has 0 aromatic carbocycles. The van der Waals surface area contributed by atoms with Crippen molar-refractivity contribution >= 4 is 0 Å². The van der Waals surface area contributed by atoms with Crippen molar-refractivity contribution in [1.29, 1.82) is 0 Å². The van der Waals surface area contributed by atoms with Crippen molar-refractivity contribution in [3.05, 3.63) is 23.3 Å². The largest absolute Gasteiger partial charge is 0.388 e. The monoisotopic (exact) mass is 154 g/mol. The van der Waals surface area contributed by atoms with Gasteiger partial charge in [0.15, 0.2) is 0 Å². The first kappa shape index (κ1) is 10.4. The summed E-state index contributed by atoms with van der Waals surface area (Å²) in [5.41, 5.74) is 2.30. The topological polar surface area (TPSA) is 20.2 Å². The molecule has 0 saturated heterocycles. The molecule has 11 heavy (non-hydrogen) atoms. The first-order valence-corrected chi connectivity index (χ1v) is 4.02. The van der Waals surface area contributed by atoms with E-state index < -0.39 is 0 Å². The van der Waals surface area contributed by atoms with Gasteiger partial charge in [-0.05, 0) is 39.7 Å². The summed E-state index contributed by atoms with van der Waals surface area (Å²) >= 11 is 0. The van der Waals surface area contributed by atoms with Crippen LogP contribution in [0.3, 0.4) is 0 Å². The molecule has 0 saturated carbocycles. The third kappa shape index (κ3) is 4.79. The Morgan fingerprint density at radius 1 is 1.36 bits per heavy atom. The van der Waals surface area contributed by atoms with Crippen molar-refractivity contribution in [2.45, 2.75) is 40.2 Å². The summed E-state index contributed by atoms with van der Waals surface area (Å²) in [5.74, 6) is 0. The van der Waals surface area contributed by atoms with Crippen molar-refractivity contribution < 1.29 is 5.11 Å². The van der Waals surface area contributed by atoms with Crippen molar-refractivity contribution in [3.8, 4) is 0 Å². The van der Waals surface area contributed by atoms with E-state index >= 15 is 0 Å². The van der Waals surface area contributed by atoms with Gasteiger partial charge in [0.1, 0.15) is 0 Å². The predicted molar refractivity (Wildman–Crippen MR) is 49.5 cm³/mol. The Labute approximate surface area is 69.4 Å². The molecular weight excluding hydrogens is 136 g/mol. The lowest BCUT2D eigenvalue weighted by Gasteiger charge is -2.07. The Morgan fingerprint density at radius 3 is 2.27 bits per heavy atom. The van der Waals surface area contributed by atoms with Gasteiger partial charge in [0.2, 0.25) is 0 Å². The first-order chi connectivity index (χ1) is 5.07. The molecule has 1 atom stereocenters. The summed E-state index contributed by atoms with van der Waals surface area (Å²) < 4.78 is 0. The van der Waals surface area contributed by atoms with Gasteiger partial charge < -0.3 is 5.11 Å². The van der Waals surface area contributed by atoms with Gasteiger partial charge in [-0.25, -0.2) is 0 Å². The smallest absolute Gasteiger partial charge is 0.0781 e. The summed E-state index contributed by atoms with van der Waals surface area (Å²) in [5, 5.41) is 9.45. The number of rotatable bonds is 3. The molecule has 0 bridgehead atoms. The summed E-state index contributed by atoms with van der Waals surface area (Å²) in [6, 6.07) is 0. The van der Waals surface area contributed by atoms with E-state index in [0.29, 0.717) is 0 Å². The number of hydrogen-bond acceptors (Lipinski definition) is 1. The number of aliphatic hydroxyl groups excluding tert-OH is 1. The zero-order chi connectivity index (χ0) is 8.85. The second-order valence-electron chi connectivity index (χ2n) is 3.07. The Morgan fingerprint density at radius 2 is 1.91 bits per heavy atom. The van der Waals surface area contributed by atoms with Crippen LogP contribution in [0.2, 0.25) is 0 Å². The van der Waals surface area contributed by atoms with Gasteiger partial charge >= 0.3 is 0 Å². The highest BCUT2D eigenvalue weighted by molar-refractivity contribution is 5.06. The SMILES string of the molecule is CC=C(C)C(O)CC=C(C)C. The van der Waals surface area contributed by atoms with Crippen LogP contribution >= 0.6 is 0 Å². The molecule has 0 heterocycles. The third-order valence-corrected chi connectivity index (χ3v) is 1.73. The molecule has 0 aromatic heterocycles. The van der Waals surface area contributed by atoms with E-state index in [1.54, 1.807) is 0 Å². The number of allylic oxidation sites excluding steroid dienone is 2. The lowest BCUT2D eigenvalue weighted by molar-refractivity contribution is 0.214. The lowest BCUT2D eigenvalue weighted by atomic mass is 10.1. The van der Waals surface area contributed by atoms with Crippen molar-refractivity contribution in [2.24, 2.45) is 0 Å². The van der Waals surface area contributed by atoms with Gasteiger partial charge in [0.25, 0.3) is 0 Å². The molecule has 1 nitrogen and oxygen atoms in total. The van der Waals surface area contributed by atoms with E-state index in [1.807, 2.05) is 33.8 Å². The fourth-order valence-electron chi connectivity index (χ4n) is 0.726. The van der Waals surface area contributed by atoms with E-state index in [-0.39, 0.29) is 6.10 Å².